The Balaban J connectivity index is 2.54. The summed E-state index contributed by atoms with van der Waals surface area (Å²) in [7, 11) is 0. The van der Waals surface area contributed by atoms with Gasteiger partial charge in [0.25, 0.3) is 0 Å². The SMILES string of the molecule is CC1(C)C(=O)NC(=O)C(C#N)C1c1ccccc1. The summed E-state index contributed by atoms with van der Waals surface area (Å²) in [6, 6.07) is 11.3. The van der Waals surface area contributed by atoms with Gasteiger partial charge in [-0.25, -0.2) is 0 Å². The maximum atomic E-state index is 11.9. The predicted molar refractivity (Wildman–Crippen MR) is 65.2 cm³/mol. The third kappa shape index (κ3) is 1.78. The molecule has 1 fully saturated rings. The first kappa shape index (κ1) is 12.3. The molecule has 1 heterocycles. The Morgan fingerprint density at radius 3 is 2.39 bits per heavy atom. The quantitative estimate of drug-likeness (QED) is 0.760. The highest BCUT2D eigenvalue weighted by Gasteiger charge is 2.50. The Morgan fingerprint density at radius 2 is 1.83 bits per heavy atom. The second-order valence-electron chi connectivity index (χ2n) is 5.04. The Hall–Kier alpha value is -2.15. The first-order chi connectivity index (χ1) is 8.48. The minimum atomic E-state index is -0.833. The monoisotopic (exact) mass is 242 g/mol. The number of imide groups is 1. The molecule has 2 rings (SSSR count). The van der Waals surface area contributed by atoms with Crippen LogP contribution in [0.3, 0.4) is 0 Å². The van der Waals surface area contributed by atoms with Gasteiger partial charge in [-0.2, -0.15) is 5.26 Å². The van der Waals surface area contributed by atoms with Crippen molar-refractivity contribution in [3.8, 4) is 6.07 Å². The largest absolute Gasteiger partial charge is 0.295 e. The summed E-state index contributed by atoms with van der Waals surface area (Å²) < 4.78 is 0. The fourth-order valence-corrected chi connectivity index (χ4v) is 2.46. The Bertz CT molecular complexity index is 528. The van der Waals surface area contributed by atoms with E-state index < -0.39 is 23.2 Å². The Morgan fingerprint density at radius 1 is 1.22 bits per heavy atom. The Kier molecular flexibility index (Phi) is 2.92. The fourth-order valence-electron chi connectivity index (χ4n) is 2.46. The van der Waals surface area contributed by atoms with Crippen molar-refractivity contribution in [2.75, 3.05) is 0 Å². The smallest absolute Gasteiger partial charge is 0.244 e. The molecule has 1 saturated heterocycles. The maximum absolute atomic E-state index is 11.9. The third-order valence-electron chi connectivity index (χ3n) is 3.51. The molecule has 0 spiro atoms. The zero-order valence-corrected chi connectivity index (χ0v) is 10.3. The minimum Gasteiger partial charge on any atom is -0.295 e. The first-order valence-electron chi connectivity index (χ1n) is 5.78. The van der Waals surface area contributed by atoms with Crippen LogP contribution >= 0.6 is 0 Å². The summed E-state index contributed by atoms with van der Waals surface area (Å²) in [4.78, 5) is 23.7. The Labute approximate surface area is 106 Å². The number of hydrogen-bond donors (Lipinski definition) is 1. The van der Waals surface area contributed by atoms with Crippen molar-refractivity contribution in [2.24, 2.45) is 11.3 Å². The van der Waals surface area contributed by atoms with E-state index in [9.17, 15) is 14.9 Å². The van der Waals surface area contributed by atoms with Gasteiger partial charge in [-0.3, -0.25) is 14.9 Å². The molecule has 4 heteroatoms. The van der Waals surface area contributed by atoms with E-state index in [0.29, 0.717) is 0 Å². The molecule has 0 radical (unpaired) electrons. The summed E-state index contributed by atoms with van der Waals surface area (Å²) in [6.07, 6.45) is 0. The van der Waals surface area contributed by atoms with E-state index in [1.165, 1.54) is 0 Å². The van der Waals surface area contributed by atoms with Gasteiger partial charge in [0.2, 0.25) is 11.8 Å². The van der Waals surface area contributed by atoms with Crippen LogP contribution < -0.4 is 5.32 Å². The first-order valence-corrected chi connectivity index (χ1v) is 5.78. The molecule has 1 N–H and O–H groups in total. The number of amides is 2. The molecule has 0 aromatic heterocycles. The van der Waals surface area contributed by atoms with Gasteiger partial charge in [0.1, 0.15) is 5.92 Å². The standard InChI is InChI=1S/C14H14N2O2/c1-14(2)11(9-6-4-3-5-7-9)10(8-15)12(17)16-13(14)18/h3-7,10-11H,1-2H3,(H,16,17,18). The van der Waals surface area contributed by atoms with Gasteiger partial charge in [-0.15, -0.1) is 0 Å². The van der Waals surface area contributed by atoms with E-state index in [4.69, 9.17) is 0 Å². The number of nitrogens with zero attached hydrogens (tertiary/aromatic N) is 1. The number of rotatable bonds is 1. The molecule has 0 bridgehead atoms. The lowest BCUT2D eigenvalue weighted by atomic mass is 9.65. The molecule has 1 aliphatic rings. The van der Waals surface area contributed by atoms with Crippen molar-refractivity contribution in [2.45, 2.75) is 19.8 Å². The maximum Gasteiger partial charge on any atom is 0.244 e. The van der Waals surface area contributed by atoms with Gasteiger partial charge in [0.05, 0.1) is 11.5 Å². The van der Waals surface area contributed by atoms with Gasteiger partial charge in [-0.05, 0) is 5.56 Å². The average Bonchev–Trinajstić information content (AvgIpc) is 2.34. The van der Waals surface area contributed by atoms with Crippen molar-refractivity contribution in [3.63, 3.8) is 0 Å². The summed E-state index contributed by atoms with van der Waals surface area (Å²) >= 11 is 0. The zero-order valence-electron chi connectivity index (χ0n) is 10.3. The summed E-state index contributed by atoms with van der Waals surface area (Å²) in [5.74, 6) is -2.08. The zero-order chi connectivity index (χ0) is 13.3. The molecule has 2 unspecified atom stereocenters. The highest BCUT2D eigenvalue weighted by atomic mass is 16.2. The summed E-state index contributed by atoms with van der Waals surface area (Å²) in [5.41, 5.74) is 0.0626. The topological polar surface area (TPSA) is 70.0 Å². The van der Waals surface area contributed by atoms with E-state index in [2.05, 4.69) is 5.32 Å². The van der Waals surface area contributed by atoms with Gasteiger partial charge in [-0.1, -0.05) is 44.2 Å². The van der Waals surface area contributed by atoms with Crippen LogP contribution in [0.5, 0.6) is 0 Å². The number of nitrogens with one attached hydrogen (secondary N) is 1. The van der Waals surface area contributed by atoms with E-state index in [1.807, 2.05) is 36.4 Å². The number of carbonyl (C=O) groups excluding carboxylic acids is 2. The molecule has 18 heavy (non-hydrogen) atoms. The van der Waals surface area contributed by atoms with Crippen molar-refractivity contribution in [1.29, 1.82) is 5.26 Å². The molecular formula is C14H14N2O2. The van der Waals surface area contributed by atoms with Crippen LogP contribution in [-0.4, -0.2) is 11.8 Å². The molecule has 4 nitrogen and oxygen atoms in total. The molecule has 1 aromatic rings. The second-order valence-corrected chi connectivity index (χ2v) is 5.04. The van der Waals surface area contributed by atoms with Crippen LogP contribution in [0, 0.1) is 22.7 Å². The lowest BCUT2D eigenvalue weighted by Gasteiger charge is -2.39. The van der Waals surface area contributed by atoms with Crippen molar-refractivity contribution >= 4 is 11.8 Å². The summed E-state index contributed by atoms with van der Waals surface area (Å²) in [5, 5.41) is 11.5. The fraction of sp³-hybridized carbons (Fsp3) is 0.357. The third-order valence-corrected chi connectivity index (χ3v) is 3.51. The highest BCUT2D eigenvalue weighted by Crippen LogP contribution is 2.43. The van der Waals surface area contributed by atoms with Crippen molar-refractivity contribution < 1.29 is 9.59 Å². The highest BCUT2D eigenvalue weighted by molar-refractivity contribution is 6.03. The molecular weight excluding hydrogens is 228 g/mol. The van der Waals surface area contributed by atoms with Crippen LogP contribution in [-0.2, 0) is 9.59 Å². The van der Waals surface area contributed by atoms with Crippen molar-refractivity contribution in [1.82, 2.24) is 5.32 Å². The minimum absolute atomic E-state index is 0.326. The van der Waals surface area contributed by atoms with E-state index in [1.54, 1.807) is 13.8 Å². The van der Waals surface area contributed by atoms with Crippen LogP contribution in [0.1, 0.15) is 25.3 Å². The average molecular weight is 242 g/mol. The van der Waals surface area contributed by atoms with Gasteiger partial charge >= 0.3 is 0 Å². The number of piperidine rings is 1. The van der Waals surface area contributed by atoms with E-state index in [-0.39, 0.29) is 5.91 Å². The van der Waals surface area contributed by atoms with Crippen LogP contribution in [0.15, 0.2) is 30.3 Å². The van der Waals surface area contributed by atoms with E-state index in [0.717, 1.165) is 5.56 Å². The lowest BCUT2D eigenvalue weighted by molar-refractivity contribution is -0.144. The predicted octanol–water partition coefficient (Wildman–Crippen LogP) is 1.59. The van der Waals surface area contributed by atoms with Crippen molar-refractivity contribution in [3.05, 3.63) is 35.9 Å². The molecule has 92 valence electrons. The number of carbonyl (C=O) groups is 2. The number of hydrogen-bond acceptors (Lipinski definition) is 3. The second kappa shape index (κ2) is 4.26. The normalized spacial score (nSPS) is 26.3. The summed E-state index contributed by atoms with van der Waals surface area (Å²) in [6.45, 7) is 3.52. The van der Waals surface area contributed by atoms with Crippen LogP contribution in [0.25, 0.3) is 0 Å². The van der Waals surface area contributed by atoms with Gasteiger partial charge in [0.15, 0.2) is 0 Å². The van der Waals surface area contributed by atoms with Gasteiger partial charge in [0, 0.05) is 5.92 Å². The number of benzene rings is 1. The van der Waals surface area contributed by atoms with E-state index >= 15 is 0 Å². The molecule has 1 aliphatic heterocycles. The van der Waals surface area contributed by atoms with Gasteiger partial charge < -0.3 is 0 Å². The van der Waals surface area contributed by atoms with Crippen LogP contribution in [0.2, 0.25) is 0 Å². The van der Waals surface area contributed by atoms with Crippen LogP contribution in [0.4, 0.5) is 0 Å². The molecule has 1 aromatic carbocycles. The molecule has 0 saturated carbocycles. The molecule has 2 atom stereocenters. The lowest BCUT2D eigenvalue weighted by Crippen LogP contribution is -2.54. The molecule has 2 amide bonds. The number of nitriles is 1. The molecule has 0 aliphatic carbocycles.